The summed E-state index contributed by atoms with van der Waals surface area (Å²) in [5.74, 6) is 0. The molecule has 0 aliphatic carbocycles. The third kappa shape index (κ3) is 6.17. The minimum Gasteiger partial charge on any atom is -0.310 e. The summed E-state index contributed by atoms with van der Waals surface area (Å²) in [5, 5.41) is 7.37. The summed E-state index contributed by atoms with van der Waals surface area (Å²) >= 11 is 0. The lowest BCUT2D eigenvalue weighted by molar-refractivity contribution is 1.18. The average molecular weight is 754 g/mol. The Morgan fingerprint density at radius 3 is 1.49 bits per heavy atom. The summed E-state index contributed by atoms with van der Waals surface area (Å²) in [6.07, 6.45) is 0. The van der Waals surface area contributed by atoms with Crippen LogP contribution in [0.4, 0.5) is 34.1 Å². The summed E-state index contributed by atoms with van der Waals surface area (Å²) in [4.78, 5) is 4.78. The van der Waals surface area contributed by atoms with Crippen LogP contribution in [0.3, 0.4) is 0 Å². The van der Waals surface area contributed by atoms with Gasteiger partial charge in [-0.05, 0) is 124 Å². The number of benzene rings is 10. The number of rotatable bonds is 8. The highest BCUT2D eigenvalue weighted by Gasteiger charge is 2.20. The van der Waals surface area contributed by atoms with Crippen molar-refractivity contribution in [3.05, 3.63) is 237 Å². The van der Waals surface area contributed by atoms with E-state index in [4.69, 9.17) is 0 Å². The molecule has 11 rings (SSSR count). The highest BCUT2D eigenvalue weighted by atomic mass is 15.2. The van der Waals surface area contributed by atoms with Crippen molar-refractivity contribution in [3.63, 3.8) is 0 Å². The molecule has 0 unspecified atom stereocenters. The normalized spacial score (nSPS) is 11.4. The van der Waals surface area contributed by atoms with E-state index in [1.54, 1.807) is 0 Å². The molecule has 1 aromatic heterocycles. The highest BCUT2D eigenvalue weighted by Crippen LogP contribution is 2.44. The molecular formula is C56H39N3. The molecule has 0 N–H and O–H groups in total. The van der Waals surface area contributed by atoms with Crippen molar-refractivity contribution in [1.82, 2.24) is 4.57 Å². The second kappa shape index (κ2) is 14.6. The first-order valence-electron chi connectivity index (χ1n) is 20.2. The van der Waals surface area contributed by atoms with Crippen molar-refractivity contribution >= 4 is 77.5 Å². The molecule has 11 aromatic rings. The fourth-order valence-electron chi connectivity index (χ4n) is 8.78. The van der Waals surface area contributed by atoms with Crippen LogP contribution in [0.25, 0.3) is 60.2 Å². The zero-order valence-corrected chi connectivity index (χ0v) is 32.4. The molecule has 1 heterocycles. The zero-order chi connectivity index (χ0) is 39.1. The topological polar surface area (TPSA) is 11.4 Å². The van der Waals surface area contributed by atoms with Crippen molar-refractivity contribution in [2.75, 3.05) is 9.80 Å². The van der Waals surface area contributed by atoms with Gasteiger partial charge in [-0.3, -0.25) is 0 Å². The third-order valence-corrected chi connectivity index (χ3v) is 11.5. The van der Waals surface area contributed by atoms with Crippen molar-refractivity contribution in [1.29, 1.82) is 0 Å². The first-order valence-corrected chi connectivity index (χ1v) is 20.2. The predicted molar refractivity (Wildman–Crippen MR) is 251 cm³/mol. The molecule has 0 amide bonds. The van der Waals surface area contributed by atoms with Crippen LogP contribution in [0.5, 0.6) is 0 Å². The Bertz CT molecular complexity index is 3280. The van der Waals surface area contributed by atoms with Gasteiger partial charge in [0, 0.05) is 50.6 Å². The van der Waals surface area contributed by atoms with Crippen molar-refractivity contribution in [2.45, 2.75) is 0 Å². The SMILES string of the molecule is c1ccc(-c2cccc(N(c3cccc(N(c4ccccc4)c4ccc5c(c4)c4ccccc4n5-c4ccccc4)c3)c3ccc4ccc5ccccc5c4c3)c2)cc1. The van der Waals surface area contributed by atoms with Crippen LogP contribution in [-0.2, 0) is 0 Å². The van der Waals surface area contributed by atoms with Gasteiger partial charge in [-0.15, -0.1) is 0 Å². The average Bonchev–Trinajstić information content (AvgIpc) is 3.64. The first-order chi connectivity index (χ1) is 29.3. The van der Waals surface area contributed by atoms with Crippen molar-refractivity contribution in [3.8, 4) is 16.8 Å². The summed E-state index contributed by atoms with van der Waals surface area (Å²) in [5.41, 5.74) is 12.4. The molecule has 0 bridgehead atoms. The van der Waals surface area contributed by atoms with Gasteiger partial charge in [0.2, 0.25) is 0 Å². The predicted octanol–water partition coefficient (Wildman–Crippen LogP) is 15.7. The fourth-order valence-corrected chi connectivity index (χ4v) is 8.78. The Balaban J connectivity index is 1.10. The Morgan fingerprint density at radius 1 is 0.254 bits per heavy atom. The van der Waals surface area contributed by atoms with Crippen molar-refractivity contribution < 1.29 is 0 Å². The Labute approximate surface area is 343 Å². The molecule has 3 heteroatoms. The van der Waals surface area contributed by atoms with Gasteiger partial charge in [0.15, 0.2) is 0 Å². The molecule has 0 fully saturated rings. The van der Waals surface area contributed by atoms with E-state index in [0.29, 0.717) is 0 Å². The summed E-state index contributed by atoms with van der Waals surface area (Å²) in [7, 11) is 0. The minimum absolute atomic E-state index is 1.06. The fraction of sp³-hybridized carbons (Fsp3) is 0. The van der Waals surface area contributed by atoms with Crippen LogP contribution in [0, 0.1) is 0 Å². The van der Waals surface area contributed by atoms with Crippen LogP contribution in [-0.4, -0.2) is 4.57 Å². The van der Waals surface area contributed by atoms with Gasteiger partial charge in [0.25, 0.3) is 0 Å². The van der Waals surface area contributed by atoms with E-state index >= 15 is 0 Å². The van der Waals surface area contributed by atoms with E-state index in [1.807, 2.05) is 0 Å². The van der Waals surface area contributed by atoms with E-state index in [0.717, 1.165) is 39.8 Å². The number of hydrogen-bond acceptors (Lipinski definition) is 2. The molecule has 278 valence electrons. The summed E-state index contributed by atoms with van der Waals surface area (Å²) < 4.78 is 2.37. The standard InChI is InChI=1S/C56H39N3/c1-4-16-40(17-5-1)43-19-14-24-46(36-43)58(49-33-32-42-31-30-41-18-10-11-27-51(41)53(42)38-49)48-26-15-25-47(37-48)57(44-20-6-2-7-21-44)50-34-35-56-54(39-50)52-28-12-13-29-55(52)59(56)45-22-8-3-9-23-45/h1-39H. The second-order valence-corrected chi connectivity index (χ2v) is 15.0. The van der Waals surface area contributed by atoms with E-state index in [9.17, 15) is 0 Å². The Kier molecular flexibility index (Phi) is 8.49. The van der Waals surface area contributed by atoms with Gasteiger partial charge in [0.1, 0.15) is 0 Å². The number of fused-ring (bicyclic) bond motifs is 6. The van der Waals surface area contributed by atoms with Crippen LogP contribution < -0.4 is 9.80 Å². The van der Waals surface area contributed by atoms with Crippen LogP contribution in [0.1, 0.15) is 0 Å². The van der Waals surface area contributed by atoms with Gasteiger partial charge < -0.3 is 14.4 Å². The molecule has 0 atom stereocenters. The van der Waals surface area contributed by atoms with Gasteiger partial charge in [0.05, 0.1) is 11.0 Å². The largest absolute Gasteiger partial charge is 0.310 e. The number of aromatic nitrogens is 1. The number of anilines is 6. The maximum atomic E-state index is 2.40. The number of para-hydroxylation sites is 3. The molecule has 0 radical (unpaired) electrons. The molecule has 0 saturated heterocycles. The smallest absolute Gasteiger partial charge is 0.0542 e. The molecule has 0 spiro atoms. The zero-order valence-electron chi connectivity index (χ0n) is 32.4. The molecule has 0 saturated carbocycles. The number of nitrogens with zero attached hydrogens (tertiary/aromatic N) is 3. The lowest BCUT2D eigenvalue weighted by Gasteiger charge is -2.30. The molecule has 59 heavy (non-hydrogen) atoms. The monoisotopic (exact) mass is 753 g/mol. The van der Waals surface area contributed by atoms with Crippen LogP contribution in [0.2, 0.25) is 0 Å². The number of hydrogen-bond donors (Lipinski definition) is 0. The van der Waals surface area contributed by atoms with Crippen molar-refractivity contribution in [2.24, 2.45) is 0 Å². The minimum atomic E-state index is 1.06. The van der Waals surface area contributed by atoms with E-state index in [1.165, 1.54) is 54.5 Å². The lowest BCUT2D eigenvalue weighted by Crippen LogP contribution is -2.13. The molecule has 3 nitrogen and oxygen atoms in total. The maximum absolute atomic E-state index is 2.40. The van der Waals surface area contributed by atoms with Crippen LogP contribution in [0.15, 0.2) is 237 Å². The molecular weight excluding hydrogens is 715 g/mol. The van der Waals surface area contributed by atoms with Gasteiger partial charge in [-0.1, -0.05) is 146 Å². The second-order valence-electron chi connectivity index (χ2n) is 15.0. The Morgan fingerprint density at radius 2 is 0.729 bits per heavy atom. The summed E-state index contributed by atoms with van der Waals surface area (Å²) in [6.45, 7) is 0. The van der Waals surface area contributed by atoms with Gasteiger partial charge >= 0.3 is 0 Å². The Hall–Kier alpha value is -7.88. The first kappa shape index (κ1) is 34.4. The highest BCUT2D eigenvalue weighted by molar-refractivity contribution is 6.11. The molecule has 0 aliphatic heterocycles. The summed E-state index contributed by atoms with van der Waals surface area (Å²) in [6, 6.07) is 85.4. The van der Waals surface area contributed by atoms with Crippen LogP contribution >= 0.6 is 0 Å². The maximum Gasteiger partial charge on any atom is 0.0542 e. The van der Waals surface area contributed by atoms with Gasteiger partial charge in [-0.2, -0.15) is 0 Å². The van der Waals surface area contributed by atoms with E-state index in [-0.39, 0.29) is 0 Å². The third-order valence-electron chi connectivity index (χ3n) is 11.5. The van der Waals surface area contributed by atoms with E-state index < -0.39 is 0 Å². The lowest BCUT2D eigenvalue weighted by atomic mass is 10.0. The molecule has 0 aliphatic rings. The van der Waals surface area contributed by atoms with E-state index in [2.05, 4.69) is 251 Å². The van der Waals surface area contributed by atoms with Gasteiger partial charge in [-0.25, -0.2) is 0 Å². The quantitative estimate of drug-likeness (QED) is 0.143. The molecule has 10 aromatic carbocycles.